The van der Waals surface area contributed by atoms with E-state index in [0.29, 0.717) is 35.5 Å². The van der Waals surface area contributed by atoms with Crippen LogP contribution in [0.15, 0.2) is 22.8 Å². The fraction of sp³-hybridized carbons (Fsp3) is 0.815. The normalized spacial score (nSPS) is 53.7. The van der Waals surface area contributed by atoms with Crippen molar-refractivity contribution in [2.45, 2.75) is 96.5 Å². The van der Waals surface area contributed by atoms with E-state index in [2.05, 4.69) is 39.1 Å². The maximum Gasteiger partial charge on any atom is 0.163 e. The predicted octanol–water partition coefficient (Wildman–Crippen LogP) is 4.18. The van der Waals surface area contributed by atoms with E-state index in [0.717, 1.165) is 57.1 Å². The summed E-state index contributed by atoms with van der Waals surface area (Å²) in [5.41, 5.74) is 3.43. The first-order valence-corrected chi connectivity index (χ1v) is 12.8. The number of aliphatic hydroxyl groups excluding tert-OH is 1. The molecule has 6 aliphatic rings. The van der Waals surface area contributed by atoms with Crippen molar-refractivity contribution in [2.24, 2.45) is 35.0 Å². The highest BCUT2D eigenvalue weighted by Gasteiger charge is 2.63. The van der Waals surface area contributed by atoms with Gasteiger partial charge in [-0.05, 0) is 87.2 Å². The number of hydrogen-bond donors (Lipinski definition) is 2. The van der Waals surface area contributed by atoms with Gasteiger partial charge in [0.2, 0.25) is 0 Å². The van der Waals surface area contributed by atoms with Gasteiger partial charge >= 0.3 is 0 Å². The topological polar surface area (TPSA) is 58.6 Å². The quantitative estimate of drug-likeness (QED) is 0.572. The zero-order chi connectivity index (χ0) is 21.7. The Hall–Kier alpha value is -0.970. The summed E-state index contributed by atoms with van der Waals surface area (Å²) in [6.45, 7) is 10.3. The zero-order valence-electron chi connectivity index (χ0n) is 19.6. The first kappa shape index (κ1) is 20.6. The van der Waals surface area contributed by atoms with Gasteiger partial charge in [0.25, 0.3) is 0 Å². The van der Waals surface area contributed by atoms with Crippen molar-refractivity contribution in [1.82, 2.24) is 5.32 Å². The van der Waals surface area contributed by atoms with Gasteiger partial charge in [0.15, 0.2) is 5.78 Å². The number of hydrogen-bond acceptors (Lipinski definition) is 4. The number of allylic oxidation sites excluding steroid dienone is 2. The number of rotatable bonds is 0. The van der Waals surface area contributed by atoms with Gasteiger partial charge in [-0.2, -0.15) is 0 Å². The van der Waals surface area contributed by atoms with Crippen molar-refractivity contribution in [3.63, 3.8) is 0 Å². The van der Waals surface area contributed by atoms with E-state index in [1.165, 1.54) is 11.1 Å². The summed E-state index contributed by atoms with van der Waals surface area (Å²) in [7, 11) is 0. The molecule has 4 heteroatoms. The van der Waals surface area contributed by atoms with Crippen molar-refractivity contribution >= 4 is 5.78 Å². The van der Waals surface area contributed by atoms with Gasteiger partial charge in [-0.15, -0.1) is 0 Å². The van der Waals surface area contributed by atoms with Crippen LogP contribution in [-0.4, -0.2) is 41.3 Å². The Balaban J connectivity index is 1.39. The lowest BCUT2D eigenvalue weighted by Gasteiger charge is -2.48. The molecule has 2 saturated heterocycles. The third-order valence-corrected chi connectivity index (χ3v) is 10.6. The number of nitrogens with one attached hydrogen (secondary N) is 1. The van der Waals surface area contributed by atoms with Crippen LogP contribution in [0, 0.1) is 35.0 Å². The van der Waals surface area contributed by atoms with Gasteiger partial charge in [0.05, 0.1) is 17.8 Å². The Morgan fingerprint density at radius 1 is 1.23 bits per heavy atom. The van der Waals surface area contributed by atoms with Crippen molar-refractivity contribution in [2.75, 3.05) is 6.54 Å². The van der Waals surface area contributed by atoms with E-state index >= 15 is 0 Å². The lowest BCUT2D eigenvalue weighted by Crippen LogP contribution is -2.49. The molecule has 0 radical (unpaired) electrons. The predicted molar refractivity (Wildman–Crippen MR) is 120 cm³/mol. The van der Waals surface area contributed by atoms with E-state index in [1.54, 1.807) is 0 Å². The maximum atomic E-state index is 14.1. The minimum absolute atomic E-state index is 0.0653. The molecule has 2 saturated carbocycles. The molecule has 0 aromatic heterocycles. The Kier molecular flexibility index (Phi) is 4.51. The molecule has 31 heavy (non-hydrogen) atoms. The van der Waals surface area contributed by atoms with Crippen molar-refractivity contribution in [3.05, 3.63) is 22.8 Å². The van der Waals surface area contributed by atoms with Crippen LogP contribution in [0.3, 0.4) is 0 Å². The molecule has 4 fully saturated rings. The molecule has 10 atom stereocenters. The van der Waals surface area contributed by atoms with Gasteiger partial charge in [-0.3, -0.25) is 4.79 Å². The van der Waals surface area contributed by atoms with Crippen LogP contribution in [0.25, 0.3) is 0 Å². The third-order valence-electron chi connectivity index (χ3n) is 10.6. The highest BCUT2D eigenvalue weighted by Crippen LogP contribution is 2.63. The van der Waals surface area contributed by atoms with Crippen LogP contribution < -0.4 is 5.32 Å². The fourth-order valence-corrected chi connectivity index (χ4v) is 8.93. The summed E-state index contributed by atoms with van der Waals surface area (Å²) in [6, 6.07) is 0.410. The summed E-state index contributed by atoms with van der Waals surface area (Å²) < 4.78 is 6.93. The summed E-state index contributed by atoms with van der Waals surface area (Å²) in [5.74, 6) is 2.41. The number of carbonyl (C=O) groups is 1. The molecule has 0 amide bonds. The minimum Gasteiger partial charge on any atom is -0.393 e. The number of Topliss-reactive ketones (excluding diaryl/α,β-unsaturated/α-hetero) is 1. The lowest BCUT2D eigenvalue weighted by molar-refractivity contribution is -0.123. The van der Waals surface area contributed by atoms with Gasteiger partial charge in [0, 0.05) is 23.5 Å². The van der Waals surface area contributed by atoms with Crippen LogP contribution >= 0.6 is 0 Å². The van der Waals surface area contributed by atoms with E-state index in [1.807, 2.05) is 0 Å². The first-order chi connectivity index (χ1) is 14.8. The van der Waals surface area contributed by atoms with Crippen LogP contribution in [0.5, 0.6) is 0 Å². The second kappa shape index (κ2) is 6.77. The molecule has 0 aromatic carbocycles. The van der Waals surface area contributed by atoms with Crippen molar-refractivity contribution in [1.29, 1.82) is 0 Å². The molecule has 6 rings (SSSR count). The van der Waals surface area contributed by atoms with Crippen LogP contribution in [-0.2, 0) is 9.53 Å². The van der Waals surface area contributed by atoms with Crippen LogP contribution in [0.4, 0.5) is 0 Å². The summed E-state index contributed by atoms with van der Waals surface area (Å²) >= 11 is 0. The molecule has 0 bridgehead atoms. The molecule has 2 heterocycles. The SMILES string of the molecule is CC1=C2C(=O)[C@H]3[C@@H](CC=C4C[C@@H](O)CC[C@@]43C)[C@@H]2CC[C@]12O[C@@H]1C[C@H](C)CN[C@H]1C2C. The molecular formula is C27H39NO3. The van der Waals surface area contributed by atoms with Gasteiger partial charge in [-0.25, -0.2) is 0 Å². The largest absolute Gasteiger partial charge is 0.393 e. The van der Waals surface area contributed by atoms with Gasteiger partial charge in [0.1, 0.15) is 0 Å². The van der Waals surface area contributed by atoms with E-state index < -0.39 is 0 Å². The summed E-state index contributed by atoms with van der Waals surface area (Å²) in [5, 5.41) is 14.0. The Morgan fingerprint density at radius 2 is 2.03 bits per heavy atom. The molecule has 2 aliphatic heterocycles. The number of piperidine rings is 1. The Morgan fingerprint density at radius 3 is 2.84 bits per heavy atom. The molecule has 1 unspecified atom stereocenters. The lowest BCUT2D eigenvalue weighted by atomic mass is 9.56. The number of ether oxygens (including phenoxy) is 1. The first-order valence-electron chi connectivity index (χ1n) is 12.8. The molecule has 2 N–H and O–H groups in total. The monoisotopic (exact) mass is 425 g/mol. The van der Waals surface area contributed by atoms with Crippen molar-refractivity contribution in [3.8, 4) is 0 Å². The maximum absolute atomic E-state index is 14.1. The highest BCUT2D eigenvalue weighted by atomic mass is 16.5. The van der Waals surface area contributed by atoms with Crippen LogP contribution in [0.1, 0.15) is 72.6 Å². The average molecular weight is 426 g/mol. The van der Waals surface area contributed by atoms with E-state index in [4.69, 9.17) is 4.74 Å². The standard InChI is InChI=1S/C27H39NO3/c1-14-11-21-24(28-13-14)16(3)27(31-21)10-8-19-20-6-5-17-12-18(29)7-9-26(17,4)23(20)25(30)22(19)15(27)2/h5,14,16,18-21,23-24,28-29H,6-13H2,1-4H3/t14-,16?,18-,19-,20-,21+,23+,24-,26-,27-/m0/s1. The molecule has 1 spiro atoms. The second-order valence-corrected chi connectivity index (χ2v) is 12.1. The van der Waals surface area contributed by atoms with Crippen LogP contribution in [0.2, 0.25) is 0 Å². The third kappa shape index (κ3) is 2.62. The van der Waals surface area contributed by atoms with Gasteiger partial charge < -0.3 is 15.2 Å². The Bertz CT molecular complexity index is 876. The number of aliphatic hydroxyl groups is 1. The van der Waals surface area contributed by atoms with Crippen molar-refractivity contribution < 1.29 is 14.6 Å². The smallest absolute Gasteiger partial charge is 0.163 e. The molecule has 4 aliphatic carbocycles. The number of fused-ring (bicyclic) bond motifs is 6. The number of ketones is 1. The molecule has 170 valence electrons. The summed E-state index contributed by atoms with van der Waals surface area (Å²) in [6.07, 6.45) is 9.23. The number of carbonyl (C=O) groups excluding carboxylic acids is 1. The minimum atomic E-state index is -0.263. The van der Waals surface area contributed by atoms with Gasteiger partial charge in [-0.1, -0.05) is 32.4 Å². The summed E-state index contributed by atoms with van der Waals surface area (Å²) in [4.78, 5) is 14.1. The zero-order valence-corrected chi connectivity index (χ0v) is 19.6. The Labute approximate surface area is 186 Å². The highest BCUT2D eigenvalue weighted by molar-refractivity contribution is 6.02. The molecule has 4 nitrogen and oxygen atoms in total. The molecule has 0 aromatic rings. The van der Waals surface area contributed by atoms with E-state index in [9.17, 15) is 9.90 Å². The fourth-order valence-electron chi connectivity index (χ4n) is 8.93. The second-order valence-electron chi connectivity index (χ2n) is 12.1. The van der Waals surface area contributed by atoms with E-state index in [-0.39, 0.29) is 29.1 Å². The average Bonchev–Trinajstić information content (AvgIpc) is 3.18. The molecular weight excluding hydrogens is 386 g/mol.